The predicted molar refractivity (Wildman–Crippen MR) is 116 cm³/mol. The minimum atomic E-state index is -1.34. The summed E-state index contributed by atoms with van der Waals surface area (Å²) in [6, 6.07) is 17.4. The number of carboxylic acid groups (broad SMARTS) is 1. The molecule has 1 aliphatic rings. The third-order valence-corrected chi connectivity index (χ3v) is 5.42. The molecule has 2 atom stereocenters. The predicted octanol–water partition coefficient (Wildman–Crippen LogP) is 5.37. The number of ketones is 1. The Kier molecular flexibility index (Phi) is 5.67. The number of oxime groups is 1. The van der Waals surface area contributed by atoms with Gasteiger partial charge in [0, 0.05) is 21.2 Å². The number of carbonyl (C=O) groups is 2. The Morgan fingerprint density at radius 2 is 1.65 bits per heavy atom. The van der Waals surface area contributed by atoms with Crippen LogP contribution < -0.4 is 0 Å². The molecule has 31 heavy (non-hydrogen) atoms. The van der Waals surface area contributed by atoms with Gasteiger partial charge in [-0.2, -0.15) is 0 Å². The summed E-state index contributed by atoms with van der Waals surface area (Å²) in [5.41, 5.74) is 1.34. The van der Waals surface area contributed by atoms with Crippen molar-refractivity contribution >= 4 is 40.7 Å². The van der Waals surface area contributed by atoms with Gasteiger partial charge in [0.25, 0.3) is 0 Å². The Morgan fingerprint density at radius 3 is 2.32 bits per heavy atom. The quantitative estimate of drug-likeness (QED) is 0.503. The minimum absolute atomic E-state index is 0.104. The van der Waals surface area contributed by atoms with E-state index >= 15 is 0 Å². The number of phenols is 1. The van der Waals surface area contributed by atoms with E-state index in [4.69, 9.17) is 28.0 Å². The lowest BCUT2D eigenvalue weighted by atomic mass is 9.83. The number of nitrogens with zero attached hydrogens (tertiary/aromatic N) is 1. The molecule has 0 bridgehead atoms. The summed E-state index contributed by atoms with van der Waals surface area (Å²) in [6.45, 7) is 0. The number of carbonyl (C=O) groups excluding carboxylic acids is 1. The number of rotatable bonds is 5. The van der Waals surface area contributed by atoms with Gasteiger partial charge in [-0.3, -0.25) is 4.79 Å². The standard InChI is InChI=1S/C23H15Cl2NO5/c24-15-5-1-3-12(9-15)20-19(22(31-26-20)14-4-2-6-16(25)10-14)21(28)13-7-8-18(27)17(11-13)23(29)30/h1-11,19,22,27H,(H,29,30). The number of aromatic hydroxyl groups is 1. The number of halogens is 2. The van der Waals surface area contributed by atoms with Crippen molar-refractivity contribution in [3.63, 3.8) is 0 Å². The number of hydrogen-bond donors (Lipinski definition) is 2. The number of benzene rings is 3. The average molecular weight is 456 g/mol. The molecule has 0 amide bonds. The summed E-state index contributed by atoms with van der Waals surface area (Å²) in [4.78, 5) is 30.6. The van der Waals surface area contributed by atoms with Gasteiger partial charge in [-0.1, -0.05) is 52.6 Å². The fraction of sp³-hybridized carbons (Fsp3) is 0.0870. The summed E-state index contributed by atoms with van der Waals surface area (Å²) in [7, 11) is 0. The molecule has 3 aromatic rings. The van der Waals surface area contributed by atoms with Crippen molar-refractivity contribution in [3.8, 4) is 5.75 Å². The van der Waals surface area contributed by atoms with Crippen molar-refractivity contribution in [1.82, 2.24) is 0 Å². The second-order valence-corrected chi connectivity index (χ2v) is 7.82. The van der Waals surface area contributed by atoms with Crippen molar-refractivity contribution < 1.29 is 24.6 Å². The van der Waals surface area contributed by atoms with E-state index in [0.29, 0.717) is 26.9 Å². The van der Waals surface area contributed by atoms with Crippen molar-refractivity contribution in [3.05, 3.63) is 99.0 Å². The zero-order valence-electron chi connectivity index (χ0n) is 15.8. The van der Waals surface area contributed by atoms with Crippen LogP contribution in [0.5, 0.6) is 5.75 Å². The van der Waals surface area contributed by atoms with E-state index in [1.165, 1.54) is 12.1 Å². The fourth-order valence-corrected chi connectivity index (χ4v) is 3.88. The molecule has 4 rings (SSSR count). The van der Waals surface area contributed by atoms with Crippen LogP contribution in [0, 0.1) is 5.92 Å². The third kappa shape index (κ3) is 4.13. The molecule has 0 saturated carbocycles. The average Bonchev–Trinajstić information content (AvgIpc) is 3.18. The highest BCUT2D eigenvalue weighted by molar-refractivity contribution is 6.31. The van der Waals surface area contributed by atoms with Crippen LogP contribution in [0.15, 0.2) is 71.9 Å². The minimum Gasteiger partial charge on any atom is -0.507 e. The van der Waals surface area contributed by atoms with Gasteiger partial charge >= 0.3 is 5.97 Å². The molecule has 0 aliphatic carbocycles. The molecule has 0 radical (unpaired) electrons. The molecule has 0 fully saturated rings. The Labute approximate surface area is 187 Å². The lowest BCUT2D eigenvalue weighted by Crippen LogP contribution is -2.27. The van der Waals surface area contributed by atoms with Crippen LogP contribution in [0.1, 0.15) is 37.9 Å². The summed E-state index contributed by atoms with van der Waals surface area (Å²) < 4.78 is 0. The van der Waals surface area contributed by atoms with Crippen LogP contribution in [-0.4, -0.2) is 27.7 Å². The van der Waals surface area contributed by atoms with Gasteiger partial charge < -0.3 is 15.1 Å². The van der Waals surface area contributed by atoms with Gasteiger partial charge in [0.05, 0.1) is 0 Å². The molecule has 156 valence electrons. The van der Waals surface area contributed by atoms with Crippen LogP contribution in [0.25, 0.3) is 0 Å². The van der Waals surface area contributed by atoms with Gasteiger partial charge in [0.1, 0.15) is 22.9 Å². The molecular formula is C23H15Cl2NO5. The number of hydrogen-bond acceptors (Lipinski definition) is 5. The third-order valence-electron chi connectivity index (χ3n) is 4.95. The first-order valence-corrected chi connectivity index (χ1v) is 9.96. The summed E-state index contributed by atoms with van der Waals surface area (Å²) in [6.07, 6.45) is -0.776. The van der Waals surface area contributed by atoms with Crippen LogP contribution in [0.4, 0.5) is 0 Å². The van der Waals surface area contributed by atoms with Crippen LogP contribution in [-0.2, 0) is 4.84 Å². The number of Topliss-reactive ketones (excluding diaryl/α,β-unsaturated/α-hetero) is 1. The molecule has 0 saturated heterocycles. The van der Waals surface area contributed by atoms with Crippen molar-refractivity contribution in [2.24, 2.45) is 11.1 Å². The SMILES string of the molecule is O=C(O)c1cc(C(=O)C2C(c3cccc(Cl)c3)=NOC2c2cccc(Cl)c2)ccc1O. The van der Waals surface area contributed by atoms with E-state index < -0.39 is 29.5 Å². The molecule has 3 aromatic carbocycles. The van der Waals surface area contributed by atoms with E-state index in [-0.39, 0.29) is 11.1 Å². The van der Waals surface area contributed by atoms with E-state index in [1.54, 1.807) is 48.5 Å². The molecule has 8 heteroatoms. The first-order valence-electron chi connectivity index (χ1n) is 9.21. The second-order valence-electron chi connectivity index (χ2n) is 6.95. The lowest BCUT2D eigenvalue weighted by Gasteiger charge is -2.19. The Morgan fingerprint density at radius 1 is 0.935 bits per heavy atom. The van der Waals surface area contributed by atoms with Crippen molar-refractivity contribution in [2.45, 2.75) is 6.10 Å². The first kappa shape index (κ1) is 20.9. The molecule has 1 heterocycles. The lowest BCUT2D eigenvalue weighted by molar-refractivity contribution is 0.0533. The second kappa shape index (κ2) is 8.41. The maximum atomic E-state index is 13.6. The smallest absolute Gasteiger partial charge is 0.339 e. The number of aromatic carboxylic acids is 1. The van der Waals surface area contributed by atoms with E-state index in [9.17, 15) is 19.8 Å². The van der Waals surface area contributed by atoms with Gasteiger partial charge in [-0.25, -0.2) is 4.79 Å². The zero-order valence-corrected chi connectivity index (χ0v) is 17.3. The maximum absolute atomic E-state index is 13.6. The molecule has 0 aromatic heterocycles. The Balaban J connectivity index is 1.81. The first-order chi connectivity index (χ1) is 14.8. The highest BCUT2D eigenvalue weighted by Crippen LogP contribution is 2.38. The van der Waals surface area contributed by atoms with Gasteiger partial charge in [0.2, 0.25) is 0 Å². The van der Waals surface area contributed by atoms with Crippen LogP contribution in [0.3, 0.4) is 0 Å². The van der Waals surface area contributed by atoms with E-state index in [2.05, 4.69) is 5.16 Å². The Bertz CT molecular complexity index is 1220. The number of carboxylic acids is 1. The molecule has 2 N–H and O–H groups in total. The summed E-state index contributed by atoms with van der Waals surface area (Å²) in [5.74, 6) is -3.07. The van der Waals surface area contributed by atoms with E-state index in [1.807, 2.05) is 0 Å². The molecule has 1 aliphatic heterocycles. The maximum Gasteiger partial charge on any atom is 0.339 e. The van der Waals surface area contributed by atoms with E-state index in [0.717, 1.165) is 6.07 Å². The topological polar surface area (TPSA) is 96.2 Å². The zero-order chi connectivity index (χ0) is 22.1. The normalized spacial score (nSPS) is 17.7. The molecule has 6 nitrogen and oxygen atoms in total. The highest BCUT2D eigenvalue weighted by atomic mass is 35.5. The van der Waals surface area contributed by atoms with Crippen molar-refractivity contribution in [2.75, 3.05) is 0 Å². The van der Waals surface area contributed by atoms with Crippen LogP contribution in [0.2, 0.25) is 10.0 Å². The Hall–Kier alpha value is -3.35. The van der Waals surface area contributed by atoms with Crippen LogP contribution >= 0.6 is 23.2 Å². The van der Waals surface area contributed by atoms with Gasteiger partial charge in [0.15, 0.2) is 11.9 Å². The molecule has 0 spiro atoms. The largest absolute Gasteiger partial charge is 0.507 e. The van der Waals surface area contributed by atoms with Gasteiger partial charge in [-0.15, -0.1) is 0 Å². The van der Waals surface area contributed by atoms with Gasteiger partial charge in [-0.05, 0) is 48.0 Å². The summed E-state index contributed by atoms with van der Waals surface area (Å²) in [5, 5.41) is 24.2. The molecular weight excluding hydrogens is 441 g/mol. The monoisotopic (exact) mass is 455 g/mol. The highest BCUT2D eigenvalue weighted by Gasteiger charge is 2.42. The fourth-order valence-electron chi connectivity index (χ4n) is 3.49. The summed E-state index contributed by atoms with van der Waals surface area (Å²) >= 11 is 12.2. The van der Waals surface area contributed by atoms with Crippen molar-refractivity contribution in [1.29, 1.82) is 0 Å². The molecule has 2 unspecified atom stereocenters.